The van der Waals surface area contributed by atoms with Crippen LogP contribution >= 0.6 is 0 Å². The Balaban J connectivity index is 2.11. The Kier molecular flexibility index (Phi) is 2.99. The molecule has 0 fully saturated rings. The van der Waals surface area contributed by atoms with Crippen LogP contribution in [0.2, 0.25) is 0 Å². The minimum absolute atomic E-state index is 0.0892. The Hall–Kier alpha value is -2.62. The van der Waals surface area contributed by atoms with E-state index in [1.54, 1.807) is 6.07 Å². The number of hydrogen-bond acceptors (Lipinski definition) is 3. The highest BCUT2D eigenvalue weighted by Crippen LogP contribution is 2.11. The van der Waals surface area contributed by atoms with Gasteiger partial charge in [0.2, 0.25) is 0 Å². The van der Waals surface area contributed by atoms with Crippen LogP contribution in [0.25, 0.3) is 10.9 Å². The number of aryl methyl sites for hydroxylation is 2. The fraction of sp³-hybridized carbons (Fsp3) is 0.125. The molecule has 100 valence electrons. The normalized spacial score (nSPS) is 10.7. The van der Waals surface area contributed by atoms with E-state index in [0.29, 0.717) is 11.2 Å². The van der Waals surface area contributed by atoms with Crippen LogP contribution in [0.15, 0.2) is 53.3 Å². The third kappa shape index (κ3) is 2.16. The molecule has 2 aromatic carbocycles. The van der Waals surface area contributed by atoms with Crippen molar-refractivity contribution in [2.45, 2.75) is 13.8 Å². The van der Waals surface area contributed by atoms with Gasteiger partial charge in [0.05, 0.1) is 16.6 Å². The highest BCUT2D eigenvalue weighted by atomic mass is 16.1. The maximum absolute atomic E-state index is 12.5. The molecule has 0 saturated carbocycles. The van der Waals surface area contributed by atoms with Gasteiger partial charge in [-0.2, -0.15) is 0 Å². The molecule has 0 atom stereocenters. The molecule has 20 heavy (non-hydrogen) atoms. The molecule has 0 saturated heterocycles. The van der Waals surface area contributed by atoms with Crippen molar-refractivity contribution >= 4 is 16.6 Å². The highest BCUT2D eigenvalue weighted by molar-refractivity contribution is 5.77. The fourth-order valence-electron chi connectivity index (χ4n) is 2.13. The zero-order chi connectivity index (χ0) is 14.1. The molecule has 1 heterocycles. The van der Waals surface area contributed by atoms with Crippen LogP contribution in [-0.2, 0) is 0 Å². The Morgan fingerprint density at radius 3 is 2.45 bits per heavy atom. The standard InChI is InChI=1S/C16H15N3O/c1-11-7-9-13(10-8-11)18-19-12(2)17-15-6-4-3-5-14(15)16(19)20/h3-10,18H,1-2H3. The van der Waals surface area contributed by atoms with Crippen LogP contribution < -0.4 is 11.0 Å². The largest absolute Gasteiger partial charge is 0.290 e. The summed E-state index contributed by atoms with van der Waals surface area (Å²) in [6.45, 7) is 3.84. The molecule has 0 aliphatic rings. The second kappa shape index (κ2) is 4.81. The molecule has 0 bridgehead atoms. The Morgan fingerprint density at radius 2 is 1.70 bits per heavy atom. The molecule has 3 aromatic rings. The summed E-state index contributed by atoms with van der Waals surface area (Å²) in [5.74, 6) is 0.634. The van der Waals surface area contributed by atoms with Gasteiger partial charge in [-0.15, -0.1) is 0 Å². The molecule has 0 spiro atoms. The molecule has 0 amide bonds. The molecule has 4 heteroatoms. The first-order chi connectivity index (χ1) is 9.65. The molecule has 0 aliphatic carbocycles. The summed E-state index contributed by atoms with van der Waals surface area (Å²) in [6, 6.07) is 15.2. The topological polar surface area (TPSA) is 46.9 Å². The molecule has 0 radical (unpaired) electrons. The molecule has 3 rings (SSSR count). The smallest absolute Gasteiger partial charge is 0.280 e. The number of hydrogen-bond donors (Lipinski definition) is 1. The molecular weight excluding hydrogens is 250 g/mol. The van der Waals surface area contributed by atoms with Crippen molar-refractivity contribution in [1.82, 2.24) is 9.66 Å². The molecule has 0 unspecified atom stereocenters. The van der Waals surface area contributed by atoms with Crippen LogP contribution in [0, 0.1) is 13.8 Å². The van der Waals surface area contributed by atoms with Crippen LogP contribution in [0.4, 0.5) is 5.69 Å². The minimum Gasteiger partial charge on any atom is -0.290 e. The zero-order valence-corrected chi connectivity index (χ0v) is 11.4. The van der Waals surface area contributed by atoms with Gasteiger partial charge in [0.1, 0.15) is 5.82 Å². The first kappa shape index (κ1) is 12.4. The van der Waals surface area contributed by atoms with E-state index in [0.717, 1.165) is 11.2 Å². The van der Waals surface area contributed by atoms with Crippen molar-refractivity contribution in [3.8, 4) is 0 Å². The molecule has 1 N–H and O–H groups in total. The quantitative estimate of drug-likeness (QED) is 0.775. The van der Waals surface area contributed by atoms with E-state index < -0.39 is 0 Å². The molecule has 0 aliphatic heterocycles. The summed E-state index contributed by atoms with van der Waals surface area (Å²) in [7, 11) is 0. The first-order valence-corrected chi connectivity index (χ1v) is 6.47. The number of para-hydroxylation sites is 1. The monoisotopic (exact) mass is 265 g/mol. The summed E-state index contributed by atoms with van der Waals surface area (Å²) in [6.07, 6.45) is 0. The van der Waals surface area contributed by atoms with Gasteiger partial charge in [-0.3, -0.25) is 10.2 Å². The van der Waals surface area contributed by atoms with Crippen LogP contribution in [0.5, 0.6) is 0 Å². The third-order valence-corrected chi connectivity index (χ3v) is 3.24. The van der Waals surface area contributed by atoms with E-state index in [-0.39, 0.29) is 5.56 Å². The zero-order valence-electron chi connectivity index (χ0n) is 11.4. The number of aromatic nitrogens is 2. The Labute approximate surface area is 116 Å². The van der Waals surface area contributed by atoms with E-state index in [2.05, 4.69) is 10.4 Å². The predicted octanol–water partition coefficient (Wildman–Crippen LogP) is 2.89. The van der Waals surface area contributed by atoms with Crippen LogP contribution in [0.3, 0.4) is 0 Å². The van der Waals surface area contributed by atoms with Gasteiger partial charge in [-0.05, 0) is 38.1 Å². The predicted molar refractivity (Wildman–Crippen MR) is 80.9 cm³/mol. The van der Waals surface area contributed by atoms with Gasteiger partial charge in [-0.25, -0.2) is 9.66 Å². The van der Waals surface area contributed by atoms with Gasteiger partial charge in [0, 0.05) is 0 Å². The molecule has 4 nitrogen and oxygen atoms in total. The maximum atomic E-state index is 12.5. The highest BCUT2D eigenvalue weighted by Gasteiger charge is 2.07. The number of benzene rings is 2. The lowest BCUT2D eigenvalue weighted by atomic mass is 10.2. The van der Waals surface area contributed by atoms with E-state index in [4.69, 9.17) is 0 Å². The number of anilines is 1. The number of nitrogens with zero attached hydrogens (tertiary/aromatic N) is 2. The summed E-state index contributed by atoms with van der Waals surface area (Å²) < 4.78 is 1.48. The first-order valence-electron chi connectivity index (χ1n) is 6.47. The van der Waals surface area contributed by atoms with Gasteiger partial charge in [0.25, 0.3) is 5.56 Å². The third-order valence-electron chi connectivity index (χ3n) is 3.24. The average Bonchev–Trinajstić information content (AvgIpc) is 2.45. The molecule has 1 aromatic heterocycles. The Bertz CT molecular complexity index is 819. The average molecular weight is 265 g/mol. The second-order valence-electron chi connectivity index (χ2n) is 4.79. The van der Waals surface area contributed by atoms with Crippen LogP contribution in [-0.4, -0.2) is 9.66 Å². The summed E-state index contributed by atoms with van der Waals surface area (Å²) in [5.41, 5.74) is 5.77. The Morgan fingerprint density at radius 1 is 1.00 bits per heavy atom. The van der Waals surface area contributed by atoms with Crippen molar-refractivity contribution in [3.63, 3.8) is 0 Å². The van der Waals surface area contributed by atoms with Crippen molar-refractivity contribution in [1.29, 1.82) is 0 Å². The van der Waals surface area contributed by atoms with Crippen molar-refractivity contribution in [2.24, 2.45) is 0 Å². The lowest BCUT2D eigenvalue weighted by Crippen LogP contribution is -2.29. The summed E-state index contributed by atoms with van der Waals surface area (Å²) in [5, 5.41) is 0.609. The van der Waals surface area contributed by atoms with Crippen molar-refractivity contribution < 1.29 is 0 Å². The number of fused-ring (bicyclic) bond motifs is 1. The van der Waals surface area contributed by atoms with Gasteiger partial charge in [-0.1, -0.05) is 29.8 Å². The minimum atomic E-state index is -0.0892. The van der Waals surface area contributed by atoms with E-state index in [1.807, 2.05) is 56.3 Å². The van der Waals surface area contributed by atoms with E-state index in [9.17, 15) is 4.79 Å². The van der Waals surface area contributed by atoms with Crippen LogP contribution in [0.1, 0.15) is 11.4 Å². The lowest BCUT2D eigenvalue weighted by Gasteiger charge is -2.13. The SMILES string of the molecule is Cc1ccc(Nn2c(C)nc3ccccc3c2=O)cc1. The fourth-order valence-corrected chi connectivity index (χ4v) is 2.13. The van der Waals surface area contributed by atoms with Gasteiger partial charge in [0.15, 0.2) is 0 Å². The summed E-state index contributed by atoms with van der Waals surface area (Å²) in [4.78, 5) is 16.9. The van der Waals surface area contributed by atoms with Crippen molar-refractivity contribution in [2.75, 3.05) is 5.43 Å². The maximum Gasteiger partial charge on any atom is 0.280 e. The summed E-state index contributed by atoms with van der Waals surface area (Å²) >= 11 is 0. The van der Waals surface area contributed by atoms with Crippen molar-refractivity contribution in [3.05, 3.63) is 70.3 Å². The van der Waals surface area contributed by atoms with Gasteiger partial charge >= 0.3 is 0 Å². The number of nitrogens with one attached hydrogen (secondary N) is 1. The second-order valence-corrected chi connectivity index (χ2v) is 4.79. The van der Waals surface area contributed by atoms with E-state index >= 15 is 0 Å². The van der Waals surface area contributed by atoms with Gasteiger partial charge < -0.3 is 0 Å². The lowest BCUT2D eigenvalue weighted by molar-refractivity contribution is 0.825. The molecular formula is C16H15N3O. The van der Waals surface area contributed by atoms with E-state index in [1.165, 1.54) is 10.2 Å². The number of rotatable bonds is 2.